The van der Waals surface area contributed by atoms with Gasteiger partial charge in [0.2, 0.25) is 0 Å². The van der Waals surface area contributed by atoms with E-state index in [-0.39, 0.29) is 0 Å². The highest BCUT2D eigenvalue weighted by atomic mass is 15.0. The minimum absolute atomic E-state index is 0.544. The predicted molar refractivity (Wildman–Crippen MR) is 202 cm³/mol. The Morgan fingerprint density at radius 3 is 2.10 bits per heavy atom. The second-order valence-electron chi connectivity index (χ2n) is 13.0. The Morgan fingerprint density at radius 2 is 1.37 bits per heavy atom. The number of aromatic nitrogens is 2. The lowest BCUT2D eigenvalue weighted by molar-refractivity contribution is 0.562. The maximum absolute atomic E-state index is 10.3. The van der Waals surface area contributed by atoms with Crippen LogP contribution in [0.5, 0.6) is 0 Å². The fraction of sp³-hybridized carbons (Fsp3) is 0.111. The van der Waals surface area contributed by atoms with E-state index in [1.165, 1.54) is 21.9 Å². The van der Waals surface area contributed by atoms with Crippen molar-refractivity contribution in [3.63, 3.8) is 0 Å². The molecule has 2 aromatic heterocycles. The second kappa shape index (κ2) is 11.7. The topological polar surface area (TPSA) is 57.4 Å². The van der Waals surface area contributed by atoms with E-state index in [2.05, 4.69) is 156 Å². The summed E-state index contributed by atoms with van der Waals surface area (Å²) >= 11 is 0. The highest BCUT2D eigenvalue weighted by Crippen LogP contribution is 2.43. The first-order chi connectivity index (χ1) is 24.0. The van der Waals surface area contributed by atoms with Gasteiger partial charge in [0.05, 0.1) is 39.5 Å². The summed E-state index contributed by atoms with van der Waals surface area (Å²) in [4.78, 5) is 0. The lowest BCUT2D eigenvalue weighted by Gasteiger charge is -2.23. The van der Waals surface area contributed by atoms with Crippen LogP contribution in [0, 0.1) is 35.0 Å². The van der Waals surface area contributed by atoms with E-state index in [4.69, 9.17) is 0 Å². The summed E-state index contributed by atoms with van der Waals surface area (Å²) in [7, 11) is 0. The number of fused-ring (bicyclic) bond motifs is 4. The molecular formula is C45H34N4. The van der Waals surface area contributed by atoms with Crippen LogP contribution in [0.3, 0.4) is 0 Å². The number of hydrogen-bond acceptors (Lipinski definition) is 2. The molecule has 0 fully saturated rings. The summed E-state index contributed by atoms with van der Waals surface area (Å²) < 4.78 is 4.58. The van der Waals surface area contributed by atoms with Gasteiger partial charge >= 0.3 is 0 Å². The Hall–Kier alpha value is -6.36. The molecule has 1 aliphatic rings. The zero-order valence-corrected chi connectivity index (χ0v) is 27.8. The van der Waals surface area contributed by atoms with E-state index < -0.39 is 5.41 Å². The van der Waals surface area contributed by atoms with E-state index in [0.717, 1.165) is 56.0 Å². The van der Waals surface area contributed by atoms with Crippen LogP contribution in [0.2, 0.25) is 0 Å². The first-order valence-corrected chi connectivity index (χ1v) is 16.7. The Bertz CT molecular complexity index is 2590. The average Bonchev–Trinajstić information content (AvgIpc) is 3.62. The van der Waals surface area contributed by atoms with Gasteiger partial charge in [-0.05, 0) is 97.5 Å². The zero-order valence-electron chi connectivity index (χ0n) is 27.8. The van der Waals surface area contributed by atoms with Gasteiger partial charge < -0.3 is 9.13 Å². The number of hydrogen-bond donors (Lipinski definition) is 0. The second-order valence-corrected chi connectivity index (χ2v) is 13.0. The van der Waals surface area contributed by atoms with Crippen molar-refractivity contribution < 1.29 is 0 Å². The smallest absolute Gasteiger partial charge is 0.101 e. The van der Waals surface area contributed by atoms with Crippen LogP contribution in [0.4, 0.5) is 0 Å². The van der Waals surface area contributed by atoms with Gasteiger partial charge in [-0.3, -0.25) is 0 Å². The van der Waals surface area contributed by atoms with Gasteiger partial charge in [0.25, 0.3) is 0 Å². The normalized spacial score (nSPS) is 15.4. The molecule has 2 heterocycles. The van der Waals surface area contributed by atoms with Crippen LogP contribution in [0.15, 0.2) is 127 Å². The van der Waals surface area contributed by atoms with E-state index in [1.807, 2.05) is 26.0 Å². The number of aryl methyl sites for hydroxylation is 1. The largest absolute Gasteiger partial charge is 0.309 e. The van der Waals surface area contributed by atoms with Gasteiger partial charge in [0, 0.05) is 27.7 Å². The molecule has 0 saturated carbocycles. The molecule has 0 saturated heterocycles. The van der Waals surface area contributed by atoms with Crippen molar-refractivity contribution in [2.45, 2.75) is 27.2 Å². The van der Waals surface area contributed by atoms with Crippen molar-refractivity contribution in [2.75, 3.05) is 0 Å². The van der Waals surface area contributed by atoms with Crippen LogP contribution in [0.1, 0.15) is 41.9 Å². The predicted octanol–water partition coefficient (Wildman–Crippen LogP) is 11.2. The summed E-state index contributed by atoms with van der Waals surface area (Å²) in [5.41, 5.74) is 13.1. The minimum Gasteiger partial charge on any atom is -0.309 e. The Morgan fingerprint density at radius 1 is 0.714 bits per heavy atom. The summed E-state index contributed by atoms with van der Waals surface area (Å²) in [5.74, 6) is 0. The molecule has 1 atom stereocenters. The molecule has 0 spiro atoms. The number of allylic oxidation sites excluding steroid dienone is 2. The van der Waals surface area contributed by atoms with Crippen LogP contribution >= 0.6 is 0 Å². The third-order valence-corrected chi connectivity index (χ3v) is 9.96. The van der Waals surface area contributed by atoms with Crippen molar-refractivity contribution in [3.8, 4) is 45.8 Å². The molecule has 0 radical (unpaired) electrons. The first-order valence-electron chi connectivity index (χ1n) is 16.7. The van der Waals surface area contributed by atoms with Crippen LogP contribution < -0.4 is 0 Å². The van der Waals surface area contributed by atoms with Gasteiger partial charge in [-0.2, -0.15) is 10.5 Å². The molecule has 1 unspecified atom stereocenters. The van der Waals surface area contributed by atoms with Gasteiger partial charge in [-0.15, -0.1) is 0 Å². The van der Waals surface area contributed by atoms with E-state index in [1.54, 1.807) is 0 Å². The SMILES string of the molecule is C/C=C\c1c(C)c2ccccc2n1-c1cc(-c2ccccc2-c2ccccc2-n2c3c(c4ccccc42)CC(C)(C#N)C=C3)ccc1C#N. The zero-order chi connectivity index (χ0) is 33.7. The van der Waals surface area contributed by atoms with Crippen molar-refractivity contribution in [1.82, 2.24) is 9.13 Å². The van der Waals surface area contributed by atoms with Crippen molar-refractivity contribution >= 4 is 34.0 Å². The maximum Gasteiger partial charge on any atom is 0.101 e. The molecule has 8 rings (SSSR count). The molecule has 1 aliphatic carbocycles. The van der Waals surface area contributed by atoms with Crippen molar-refractivity contribution in [2.24, 2.45) is 5.41 Å². The molecule has 49 heavy (non-hydrogen) atoms. The number of rotatable bonds is 5. The quantitative estimate of drug-likeness (QED) is 0.190. The number of nitrogens with zero attached hydrogens (tertiary/aromatic N) is 4. The summed E-state index contributed by atoms with van der Waals surface area (Å²) in [6.45, 7) is 6.18. The minimum atomic E-state index is -0.544. The van der Waals surface area contributed by atoms with Crippen LogP contribution in [-0.2, 0) is 6.42 Å². The third kappa shape index (κ3) is 4.73. The van der Waals surface area contributed by atoms with Gasteiger partial charge in [0.1, 0.15) is 6.07 Å². The Balaban J connectivity index is 1.35. The molecule has 0 amide bonds. The van der Waals surface area contributed by atoms with E-state index >= 15 is 0 Å². The number of nitriles is 2. The number of para-hydroxylation sites is 3. The Kier molecular flexibility index (Phi) is 7.17. The number of benzene rings is 5. The van der Waals surface area contributed by atoms with Gasteiger partial charge in [0.15, 0.2) is 0 Å². The third-order valence-electron chi connectivity index (χ3n) is 9.96. The highest BCUT2D eigenvalue weighted by Gasteiger charge is 2.30. The maximum atomic E-state index is 10.3. The standard InChI is InChI=1S/C45H34N4/c1-4-13-39-30(2)33-14-7-10-19-40(33)48(39)44-26-31(22-23-32(44)28-46)34-15-5-6-16-35(34)36-17-8-11-20-41(36)49-42-21-12-9-18-37(42)38-27-45(3,29-47)25-24-43(38)49/h4-26H,27H2,1-3H3/b13-4-. The molecular weight excluding hydrogens is 597 g/mol. The Labute approximate surface area is 286 Å². The molecule has 7 aromatic rings. The van der Waals surface area contributed by atoms with Crippen molar-refractivity contribution in [1.29, 1.82) is 10.5 Å². The summed E-state index contributed by atoms with van der Waals surface area (Å²) in [5, 5.41) is 22.7. The van der Waals surface area contributed by atoms with Gasteiger partial charge in [-0.25, -0.2) is 0 Å². The summed E-state index contributed by atoms with van der Waals surface area (Å²) in [6.07, 6.45) is 9.03. The first kappa shape index (κ1) is 30.0. The molecule has 4 heteroatoms. The fourth-order valence-electron chi connectivity index (χ4n) is 7.60. The van der Waals surface area contributed by atoms with E-state index in [0.29, 0.717) is 12.0 Å². The molecule has 0 N–H and O–H groups in total. The average molecular weight is 631 g/mol. The lowest BCUT2D eigenvalue weighted by atomic mass is 9.80. The molecule has 234 valence electrons. The van der Waals surface area contributed by atoms with E-state index in [9.17, 15) is 10.5 Å². The summed E-state index contributed by atoms with van der Waals surface area (Å²) in [6, 6.07) is 45.2. The molecule has 0 aliphatic heterocycles. The molecule has 5 aromatic carbocycles. The monoisotopic (exact) mass is 630 g/mol. The fourth-order valence-corrected chi connectivity index (χ4v) is 7.60. The highest BCUT2D eigenvalue weighted by molar-refractivity contribution is 5.95. The molecule has 0 bridgehead atoms. The van der Waals surface area contributed by atoms with Crippen molar-refractivity contribution in [3.05, 3.63) is 155 Å². The molecule has 4 nitrogen and oxygen atoms in total. The van der Waals surface area contributed by atoms with Gasteiger partial charge in [-0.1, -0.05) is 97.1 Å². The lowest BCUT2D eigenvalue weighted by Crippen LogP contribution is -2.18. The van der Waals surface area contributed by atoms with Crippen LogP contribution in [0.25, 0.3) is 67.6 Å². The van der Waals surface area contributed by atoms with Crippen LogP contribution in [-0.4, -0.2) is 9.13 Å².